The first-order valence-corrected chi connectivity index (χ1v) is 7.00. The van der Waals surface area contributed by atoms with Crippen molar-refractivity contribution in [3.05, 3.63) is 65.7 Å². The monoisotopic (exact) mass is 307 g/mol. The molecule has 3 nitrogen and oxygen atoms in total. The van der Waals surface area contributed by atoms with E-state index in [4.69, 9.17) is 0 Å². The Morgan fingerprint density at radius 2 is 1.73 bits per heavy atom. The topological polar surface area (TPSA) is 41.5 Å². The highest BCUT2D eigenvalue weighted by Crippen LogP contribution is 2.19. The summed E-state index contributed by atoms with van der Waals surface area (Å²) < 4.78 is 28.4. The van der Waals surface area contributed by atoms with Crippen molar-refractivity contribution >= 4 is 0 Å². The van der Waals surface area contributed by atoms with Crippen molar-refractivity contribution in [1.82, 2.24) is 5.32 Å². The summed E-state index contributed by atoms with van der Waals surface area (Å²) in [6.07, 6.45) is 0. The smallest absolute Gasteiger partial charge is 0.387 e. The third kappa shape index (κ3) is 4.79. The number of aliphatic hydroxyl groups is 1. The Labute approximate surface area is 128 Å². The first kappa shape index (κ1) is 16.4. The van der Waals surface area contributed by atoms with Gasteiger partial charge in [-0.25, -0.2) is 0 Å². The number of hydrogen-bond donors (Lipinski definition) is 2. The lowest BCUT2D eigenvalue weighted by molar-refractivity contribution is -0.0498. The molecular formula is C17H19F2NO2. The van der Waals surface area contributed by atoms with Crippen molar-refractivity contribution < 1.29 is 18.6 Å². The van der Waals surface area contributed by atoms with Gasteiger partial charge in [-0.15, -0.1) is 0 Å². The highest BCUT2D eigenvalue weighted by molar-refractivity contribution is 5.27. The Balaban J connectivity index is 1.85. The van der Waals surface area contributed by atoms with Crippen LogP contribution in [0.5, 0.6) is 5.75 Å². The number of alkyl halides is 2. The van der Waals surface area contributed by atoms with Crippen LogP contribution in [0.2, 0.25) is 0 Å². The first-order valence-electron chi connectivity index (χ1n) is 7.00. The van der Waals surface area contributed by atoms with Gasteiger partial charge in [0.2, 0.25) is 0 Å². The fraction of sp³-hybridized carbons (Fsp3) is 0.294. The average Bonchev–Trinajstić information content (AvgIpc) is 2.49. The molecule has 0 radical (unpaired) electrons. The van der Waals surface area contributed by atoms with Crippen molar-refractivity contribution in [2.45, 2.75) is 25.7 Å². The maximum Gasteiger partial charge on any atom is 0.387 e. The Bertz CT molecular complexity index is 571. The minimum Gasteiger partial charge on any atom is -0.435 e. The number of benzene rings is 2. The molecule has 2 N–H and O–H groups in total. The van der Waals surface area contributed by atoms with Gasteiger partial charge in [0.1, 0.15) is 5.75 Å². The molecule has 5 heteroatoms. The van der Waals surface area contributed by atoms with Crippen LogP contribution < -0.4 is 10.1 Å². The second kappa shape index (κ2) is 7.33. The van der Waals surface area contributed by atoms with Crippen molar-refractivity contribution in [3.63, 3.8) is 0 Å². The Morgan fingerprint density at radius 1 is 1.09 bits per heavy atom. The largest absolute Gasteiger partial charge is 0.435 e. The van der Waals surface area contributed by atoms with Gasteiger partial charge < -0.3 is 15.2 Å². The van der Waals surface area contributed by atoms with E-state index in [1.807, 2.05) is 30.3 Å². The summed E-state index contributed by atoms with van der Waals surface area (Å²) in [6, 6.07) is 15.8. The summed E-state index contributed by atoms with van der Waals surface area (Å²) in [4.78, 5) is 0. The minimum absolute atomic E-state index is 0.134. The summed E-state index contributed by atoms with van der Waals surface area (Å²) in [6.45, 7) is -0.163. The van der Waals surface area contributed by atoms with Crippen LogP contribution in [0.25, 0.3) is 0 Å². The predicted molar refractivity (Wildman–Crippen MR) is 80.8 cm³/mol. The molecule has 0 aliphatic rings. The molecule has 0 aliphatic heterocycles. The van der Waals surface area contributed by atoms with Crippen LogP contribution in [0, 0.1) is 0 Å². The van der Waals surface area contributed by atoms with Gasteiger partial charge in [-0.1, -0.05) is 42.5 Å². The molecule has 0 saturated carbocycles. The van der Waals surface area contributed by atoms with E-state index in [1.54, 1.807) is 19.1 Å². The van der Waals surface area contributed by atoms with Crippen LogP contribution in [-0.2, 0) is 12.1 Å². The molecule has 0 bridgehead atoms. The van der Waals surface area contributed by atoms with Gasteiger partial charge in [0.05, 0.1) is 5.60 Å². The molecule has 0 saturated heterocycles. The molecule has 0 aromatic heterocycles. The van der Waals surface area contributed by atoms with Gasteiger partial charge in [0.25, 0.3) is 0 Å². The van der Waals surface area contributed by atoms with Crippen LogP contribution in [0.1, 0.15) is 18.1 Å². The number of rotatable bonds is 7. The summed E-state index contributed by atoms with van der Waals surface area (Å²) in [5, 5.41) is 13.6. The van der Waals surface area contributed by atoms with E-state index in [9.17, 15) is 13.9 Å². The van der Waals surface area contributed by atoms with Gasteiger partial charge >= 0.3 is 6.61 Å². The van der Waals surface area contributed by atoms with E-state index in [0.29, 0.717) is 13.1 Å². The standard InChI is InChI=1S/C17H19F2NO2/c1-17(21,14-5-3-2-4-6-14)12-20-11-13-7-9-15(10-8-13)22-16(18)19/h2-10,16,20-21H,11-12H2,1H3. The maximum atomic E-state index is 12.1. The van der Waals surface area contributed by atoms with Crippen molar-refractivity contribution in [2.75, 3.05) is 6.54 Å². The summed E-state index contributed by atoms with van der Waals surface area (Å²) in [5.41, 5.74) is 0.786. The fourth-order valence-electron chi connectivity index (χ4n) is 2.14. The van der Waals surface area contributed by atoms with Crippen LogP contribution in [0.3, 0.4) is 0 Å². The Hall–Kier alpha value is -1.98. The van der Waals surface area contributed by atoms with Crippen LogP contribution in [-0.4, -0.2) is 18.3 Å². The quantitative estimate of drug-likeness (QED) is 0.825. The van der Waals surface area contributed by atoms with E-state index in [0.717, 1.165) is 11.1 Å². The van der Waals surface area contributed by atoms with Gasteiger partial charge in [-0.2, -0.15) is 8.78 Å². The van der Waals surface area contributed by atoms with Crippen molar-refractivity contribution in [1.29, 1.82) is 0 Å². The summed E-state index contributed by atoms with van der Waals surface area (Å²) in [5.74, 6) is 0.134. The molecule has 1 atom stereocenters. The van der Waals surface area contributed by atoms with Gasteiger partial charge in [0.15, 0.2) is 0 Å². The molecule has 118 valence electrons. The predicted octanol–water partition coefficient (Wildman–Crippen LogP) is 3.29. The van der Waals surface area contributed by atoms with Gasteiger partial charge in [0, 0.05) is 13.1 Å². The molecule has 0 spiro atoms. The highest BCUT2D eigenvalue weighted by Gasteiger charge is 2.21. The molecule has 0 fully saturated rings. The lowest BCUT2D eigenvalue weighted by Crippen LogP contribution is -2.35. The second-order valence-electron chi connectivity index (χ2n) is 5.27. The number of ether oxygens (including phenoxy) is 1. The third-order valence-corrected chi connectivity index (χ3v) is 3.34. The van der Waals surface area contributed by atoms with Gasteiger partial charge in [-0.05, 0) is 30.2 Å². The minimum atomic E-state index is -2.81. The van der Waals surface area contributed by atoms with Gasteiger partial charge in [-0.3, -0.25) is 0 Å². The zero-order valence-electron chi connectivity index (χ0n) is 12.3. The highest BCUT2D eigenvalue weighted by atomic mass is 19.3. The zero-order valence-corrected chi connectivity index (χ0v) is 12.3. The molecular weight excluding hydrogens is 288 g/mol. The molecule has 2 aromatic carbocycles. The summed E-state index contributed by atoms with van der Waals surface area (Å²) >= 11 is 0. The Kier molecular flexibility index (Phi) is 5.46. The van der Waals surface area contributed by atoms with Crippen LogP contribution in [0.15, 0.2) is 54.6 Å². The van der Waals surface area contributed by atoms with Crippen molar-refractivity contribution in [3.8, 4) is 5.75 Å². The average molecular weight is 307 g/mol. The molecule has 1 unspecified atom stereocenters. The number of nitrogens with one attached hydrogen (secondary N) is 1. The maximum absolute atomic E-state index is 12.1. The lowest BCUT2D eigenvalue weighted by Gasteiger charge is -2.24. The molecule has 2 aromatic rings. The second-order valence-corrected chi connectivity index (χ2v) is 5.27. The first-order chi connectivity index (χ1) is 10.5. The normalized spacial score (nSPS) is 13.9. The molecule has 0 amide bonds. The van der Waals surface area contributed by atoms with E-state index in [2.05, 4.69) is 10.1 Å². The number of hydrogen-bond acceptors (Lipinski definition) is 3. The van der Waals surface area contributed by atoms with E-state index < -0.39 is 12.2 Å². The molecule has 22 heavy (non-hydrogen) atoms. The fourth-order valence-corrected chi connectivity index (χ4v) is 2.14. The number of halogens is 2. The lowest BCUT2D eigenvalue weighted by atomic mass is 9.96. The SMILES string of the molecule is CC(O)(CNCc1ccc(OC(F)F)cc1)c1ccccc1. The summed E-state index contributed by atoms with van der Waals surface area (Å²) in [7, 11) is 0. The van der Waals surface area contributed by atoms with Crippen LogP contribution >= 0.6 is 0 Å². The Morgan fingerprint density at radius 3 is 2.32 bits per heavy atom. The molecule has 0 aliphatic carbocycles. The van der Waals surface area contributed by atoms with E-state index >= 15 is 0 Å². The molecule has 2 rings (SSSR count). The van der Waals surface area contributed by atoms with Crippen LogP contribution in [0.4, 0.5) is 8.78 Å². The third-order valence-electron chi connectivity index (χ3n) is 3.34. The molecule has 0 heterocycles. The van der Waals surface area contributed by atoms with E-state index in [1.165, 1.54) is 12.1 Å². The zero-order chi connectivity index (χ0) is 16.0. The van der Waals surface area contributed by atoms with E-state index in [-0.39, 0.29) is 5.75 Å². The van der Waals surface area contributed by atoms with Crippen molar-refractivity contribution in [2.24, 2.45) is 0 Å².